The predicted octanol–water partition coefficient (Wildman–Crippen LogP) is 2.37. The van der Waals surface area contributed by atoms with E-state index in [1.165, 1.54) is 18.8 Å². The highest BCUT2D eigenvalue weighted by Gasteiger charge is 2.47. The molecule has 2 aromatic carbocycles. The highest BCUT2D eigenvalue weighted by molar-refractivity contribution is 6.01. The van der Waals surface area contributed by atoms with Gasteiger partial charge in [0.2, 0.25) is 0 Å². The fraction of sp³-hybridized carbons (Fsp3) is 0.259. The molecule has 0 amide bonds. The summed E-state index contributed by atoms with van der Waals surface area (Å²) in [5.41, 5.74) is 1.57. The Labute approximate surface area is 207 Å². The topological polar surface area (TPSA) is 127 Å². The summed E-state index contributed by atoms with van der Waals surface area (Å²) in [6.45, 7) is -0.555. The van der Waals surface area contributed by atoms with Gasteiger partial charge in [0.1, 0.15) is 35.8 Å². The summed E-state index contributed by atoms with van der Waals surface area (Å²) in [5, 5.41) is 31.0. The van der Waals surface area contributed by atoms with E-state index in [4.69, 9.17) is 14.2 Å². The molecule has 4 atom stereocenters. The van der Waals surface area contributed by atoms with Gasteiger partial charge in [0, 0.05) is 16.8 Å². The van der Waals surface area contributed by atoms with Crippen LogP contribution in [-0.2, 0) is 14.2 Å². The fourth-order valence-corrected chi connectivity index (χ4v) is 4.38. The SMILES string of the molecule is COC(=O)c1c(C=Cc2ccccc2)c(C2OC(CO)C(O)C2O)c(C(=O)OC)n1-c1ccccc1. The summed E-state index contributed by atoms with van der Waals surface area (Å²) in [4.78, 5) is 26.4. The van der Waals surface area contributed by atoms with Crippen molar-refractivity contribution in [3.8, 4) is 5.69 Å². The van der Waals surface area contributed by atoms with Gasteiger partial charge < -0.3 is 29.5 Å². The summed E-state index contributed by atoms with van der Waals surface area (Å²) >= 11 is 0. The van der Waals surface area contributed by atoms with E-state index in [1.54, 1.807) is 42.5 Å². The lowest BCUT2D eigenvalue weighted by Gasteiger charge is -2.17. The van der Waals surface area contributed by atoms with Crippen molar-refractivity contribution >= 4 is 24.1 Å². The average Bonchev–Trinajstić information content (AvgIpc) is 3.41. The summed E-state index contributed by atoms with van der Waals surface area (Å²) in [6, 6.07) is 17.9. The maximum Gasteiger partial charge on any atom is 0.355 e. The van der Waals surface area contributed by atoms with E-state index >= 15 is 0 Å². The molecule has 4 rings (SSSR count). The van der Waals surface area contributed by atoms with Crippen LogP contribution in [-0.4, -0.2) is 71.0 Å². The summed E-state index contributed by atoms with van der Waals surface area (Å²) in [5.74, 6) is -1.54. The quantitative estimate of drug-likeness (QED) is 0.428. The van der Waals surface area contributed by atoms with E-state index < -0.39 is 43.0 Å². The molecule has 2 heterocycles. The van der Waals surface area contributed by atoms with Crippen molar-refractivity contribution in [1.29, 1.82) is 0 Å². The second kappa shape index (κ2) is 10.9. The molecule has 3 aromatic rings. The van der Waals surface area contributed by atoms with Crippen molar-refractivity contribution < 1.29 is 39.1 Å². The zero-order chi connectivity index (χ0) is 25.8. The molecule has 1 aliphatic heterocycles. The van der Waals surface area contributed by atoms with Gasteiger partial charge in [0.25, 0.3) is 0 Å². The van der Waals surface area contributed by atoms with Gasteiger partial charge in [-0.15, -0.1) is 0 Å². The van der Waals surface area contributed by atoms with Gasteiger partial charge in [-0.05, 0) is 17.7 Å². The maximum absolute atomic E-state index is 13.2. The number of aromatic nitrogens is 1. The summed E-state index contributed by atoms with van der Waals surface area (Å²) in [6.07, 6.45) is -1.90. The molecule has 0 radical (unpaired) electrons. The first kappa shape index (κ1) is 25.3. The van der Waals surface area contributed by atoms with Gasteiger partial charge in [-0.25, -0.2) is 9.59 Å². The minimum atomic E-state index is -1.49. The van der Waals surface area contributed by atoms with Crippen molar-refractivity contribution in [2.45, 2.75) is 24.4 Å². The van der Waals surface area contributed by atoms with E-state index in [2.05, 4.69) is 0 Å². The Morgan fingerprint density at radius 3 is 2.03 bits per heavy atom. The van der Waals surface area contributed by atoms with Crippen LogP contribution in [0.3, 0.4) is 0 Å². The maximum atomic E-state index is 13.2. The monoisotopic (exact) mass is 493 g/mol. The molecule has 3 N–H and O–H groups in total. The molecule has 0 saturated carbocycles. The summed E-state index contributed by atoms with van der Waals surface area (Å²) in [7, 11) is 2.42. The Morgan fingerprint density at radius 2 is 1.47 bits per heavy atom. The molecule has 4 unspecified atom stereocenters. The number of para-hydroxylation sites is 1. The number of rotatable bonds is 7. The largest absolute Gasteiger partial charge is 0.464 e. The van der Waals surface area contributed by atoms with Gasteiger partial charge in [0.15, 0.2) is 0 Å². The number of hydrogen-bond acceptors (Lipinski definition) is 8. The predicted molar refractivity (Wildman–Crippen MR) is 131 cm³/mol. The molecule has 1 saturated heterocycles. The smallest absolute Gasteiger partial charge is 0.355 e. The Bertz CT molecular complexity index is 1250. The Kier molecular flexibility index (Phi) is 7.66. The number of carbonyl (C=O) groups excluding carboxylic acids is 2. The normalized spacial score (nSPS) is 21.6. The molecule has 188 valence electrons. The second-order valence-corrected chi connectivity index (χ2v) is 8.18. The third kappa shape index (κ3) is 4.57. The molecule has 1 fully saturated rings. The highest BCUT2D eigenvalue weighted by Crippen LogP contribution is 2.42. The van der Waals surface area contributed by atoms with E-state index in [0.29, 0.717) is 5.69 Å². The first-order chi connectivity index (χ1) is 17.4. The minimum absolute atomic E-state index is 0.00372. The number of aliphatic hydroxyl groups is 3. The van der Waals surface area contributed by atoms with Gasteiger partial charge >= 0.3 is 11.9 Å². The molecule has 1 aromatic heterocycles. The van der Waals surface area contributed by atoms with Crippen LogP contribution in [0.25, 0.3) is 17.8 Å². The first-order valence-electron chi connectivity index (χ1n) is 11.3. The number of methoxy groups -OCH3 is 2. The lowest BCUT2D eigenvalue weighted by Crippen LogP contribution is -2.32. The van der Waals surface area contributed by atoms with Crippen LogP contribution in [0.1, 0.15) is 43.8 Å². The van der Waals surface area contributed by atoms with Crippen molar-refractivity contribution in [3.63, 3.8) is 0 Å². The molecule has 36 heavy (non-hydrogen) atoms. The van der Waals surface area contributed by atoms with Crippen molar-refractivity contribution in [1.82, 2.24) is 4.57 Å². The average molecular weight is 494 g/mol. The standard InChI is InChI=1S/C27H27NO8/c1-34-26(32)21-18(14-13-16-9-5-3-6-10-16)20(25-24(31)23(30)19(15-29)36-25)22(27(33)35-2)28(21)17-11-7-4-8-12-17/h3-14,19,23-25,29-31H,15H2,1-2H3. The van der Waals surface area contributed by atoms with Gasteiger partial charge in [-0.3, -0.25) is 4.57 Å². The number of benzene rings is 2. The van der Waals surface area contributed by atoms with E-state index in [1.807, 2.05) is 30.3 Å². The molecule has 0 aliphatic carbocycles. The second-order valence-electron chi connectivity index (χ2n) is 8.18. The minimum Gasteiger partial charge on any atom is -0.464 e. The number of carbonyl (C=O) groups is 2. The van der Waals surface area contributed by atoms with E-state index in [9.17, 15) is 24.9 Å². The van der Waals surface area contributed by atoms with Gasteiger partial charge in [0.05, 0.1) is 20.8 Å². The summed E-state index contributed by atoms with van der Waals surface area (Å²) < 4.78 is 17.4. The van der Waals surface area contributed by atoms with Crippen molar-refractivity contribution in [2.75, 3.05) is 20.8 Å². The fourth-order valence-electron chi connectivity index (χ4n) is 4.38. The molecule has 9 nitrogen and oxygen atoms in total. The molecule has 1 aliphatic rings. The van der Waals surface area contributed by atoms with Crippen molar-refractivity contribution in [2.24, 2.45) is 0 Å². The molecule has 0 bridgehead atoms. The lowest BCUT2D eigenvalue weighted by molar-refractivity contribution is -0.0231. The third-order valence-corrected chi connectivity index (χ3v) is 6.09. The number of aliphatic hydroxyl groups excluding tert-OH is 3. The van der Waals surface area contributed by atoms with Gasteiger partial charge in [-0.1, -0.05) is 60.7 Å². The Hall–Kier alpha value is -3.76. The van der Waals surface area contributed by atoms with Crippen LogP contribution in [0, 0.1) is 0 Å². The molecular weight excluding hydrogens is 466 g/mol. The molecular formula is C27H27NO8. The molecule has 0 spiro atoms. The number of nitrogens with zero attached hydrogens (tertiary/aromatic N) is 1. The third-order valence-electron chi connectivity index (χ3n) is 6.09. The van der Waals surface area contributed by atoms with Crippen molar-refractivity contribution in [3.05, 3.63) is 88.7 Å². The number of ether oxygens (including phenoxy) is 3. The zero-order valence-electron chi connectivity index (χ0n) is 19.8. The van der Waals surface area contributed by atoms with Crippen LogP contribution < -0.4 is 0 Å². The lowest BCUT2D eigenvalue weighted by atomic mass is 9.96. The highest BCUT2D eigenvalue weighted by atomic mass is 16.6. The van der Waals surface area contributed by atoms with Crippen LogP contribution in [0.15, 0.2) is 60.7 Å². The van der Waals surface area contributed by atoms with Crippen LogP contribution in [0.4, 0.5) is 0 Å². The molecule has 9 heteroatoms. The van der Waals surface area contributed by atoms with Crippen LogP contribution >= 0.6 is 0 Å². The van der Waals surface area contributed by atoms with E-state index in [-0.39, 0.29) is 22.5 Å². The number of hydrogen-bond donors (Lipinski definition) is 3. The Morgan fingerprint density at radius 1 is 0.889 bits per heavy atom. The van der Waals surface area contributed by atoms with Gasteiger partial charge in [-0.2, -0.15) is 0 Å². The Balaban J connectivity index is 2.08. The first-order valence-corrected chi connectivity index (χ1v) is 11.3. The van der Waals surface area contributed by atoms with Crippen LogP contribution in [0.5, 0.6) is 0 Å². The van der Waals surface area contributed by atoms with E-state index in [0.717, 1.165) is 5.56 Å². The van der Waals surface area contributed by atoms with Crippen LogP contribution in [0.2, 0.25) is 0 Å². The zero-order valence-corrected chi connectivity index (χ0v) is 19.8. The number of esters is 2.